The van der Waals surface area contributed by atoms with E-state index in [1.807, 2.05) is 19.0 Å². The smallest absolute Gasteiger partial charge is 0.209 e. The maximum atomic E-state index is 9.43. The Labute approximate surface area is 68.4 Å². The van der Waals surface area contributed by atoms with Crippen molar-refractivity contribution in [2.75, 3.05) is 41.3 Å². The van der Waals surface area contributed by atoms with Gasteiger partial charge in [-0.3, -0.25) is 4.79 Å². The molecule has 11 heavy (non-hydrogen) atoms. The lowest BCUT2D eigenvalue weighted by Gasteiger charge is -2.03. The molecule has 0 aliphatic heterocycles. The van der Waals surface area contributed by atoms with Crippen LogP contribution in [0.2, 0.25) is 0 Å². The zero-order valence-corrected chi connectivity index (χ0v) is 7.74. The first kappa shape index (κ1) is 13.0. The Kier molecular flexibility index (Phi) is 11.1. The first-order chi connectivity index (χ1) is 5.04. The van der Waals surface area contributed by atoms with Crippen molar-refractivity contribution in [2.45, 2.75) is 0 Å². The highest BCUT2D eigenvalue weighted by molar-refractivity contribution is 5.45. The Morgan fingerprint density at radius 2 is 1.64 bits per heavy atom. The predicted molar refractivity (Wildman–Crippen MR) is 45.4 cm³/mol. The number of aliphatic hydroxyl groups is 1. The molecule has 0 rings (SSSR count). The van der Waals surface area contributed by atoms with Gasteiger partial charge in [-0.2, -0.15) is 0 Å². The minimum Gasteiger partial charge on any atom is -0.395 e. The molecule has 0 aromatic carbocycles. The van der Waals surface area contributed by atoms with Gasteiger partial charge in [-0.15, -0.1) is 0 Å². The van der Waals surface area contributed by atoms with Gasteiger partial charge in [0, 0.05) is 20.6 Å². The normalized spacial score (nSPS) is 8.55. The van der Waals surface area contributed by atoms with E-state index in [1.54, 1.807) is 14.1 Å². The molecule has 0 aliphatic rings. The molecular formula is C7H18N2O2. The number of rotatable bonds is 3. The molecule has 0 saturated carbocycles. The van der Waals surface area contributed by atoms with Crippen molar-refractivity contribution in [1.82, 2.24) is 9.80 Å². The predicted octanol–water partition coefficient (Wildman–Crippen LogP) is -0.755. The third-order valence-corrected chi connectivity index (χ3v) is 0.758. The fourth-order valence-corrected chi connectivity index (χ4v) is 0.200. The van der Waals surface area contributed by atoms with Crippen LogP contribution in [0.1, 0.15) is 0 Å². The van der Waals surface area contributed by atoms with Crippen LogP contribution in [0.25, 0.3) is 0 Å². The van der Waals surface area contributed by atoms with Crippen LogP contribution in [0.5, 0.6) is 0 Å². The molecule has 1 N–H and O–H groups in total. The summed E-state index contributed by atoms with van der Waals surface area (Å²) < 4.78 is 0. The molecule has 0 aromatic heterocycles. The Balaban J connectivity index is 0. The van der Waals surface area contributed by atoms with Crippen LogP contribution >= 0.6 is 0 Å². The molecule has 0 heterocycles. The highest BCUT2D eigenvalue weighted by Gasteiger charge is 1.80. The van der Waals surface area contributed by atoms with E-state index in [2.05, 4.69) is 0 Å². The molecule has 1 amide bonds. The first-order valence-corrected chi connectivity index (χ1v) is 3.42. The second-order valence-corrected chi connectivity index (χ2v) is 2.60. The van der Waals surface area contributed by atoms with Crippen molar-refractivity contribution in [3.05, 3.63) is 0 Å². The number of aliphatic hydroxyl groups excluding tert-OH is 1. The van der Waals surface area contributed by atoms with Crippen LogP contribution < -0.4 is 0 Å². The van der Waals surface area contributed by atoms with Crippen molar-refractivity contribution < 1.29 is 9.90 Å². The van der Waals surface area contributed by atoms with Gasteiger partial charge < -0.3 is 14.9 Å². The monoisotopic (exact) mass is 162 g/mol. The van der Waals surface area contributed by atoms with Gasteiger partial charge in [0.15, 0.2) is 0 Å². The van der Waals surface area contributed by atoms with Crippen molar-refractivity contribution in [3.8, 4) is 0 Å². The summed E-state index contributed by atoms with van der Waals surface area (Å²) in [5.41, 5.74) is 0. The molecule has 0 atom stereocenters. The number of nitrogens with zero attached hydrogens (tertiary/aromatic N) is 2. The lowest BCUT2D eigenvalue weighted by atomic mass is 10.6. The van der Waals surface area contributed by atoms with Gasteiger partial charge in [0.25, 0.3) is 0 Å². The molecule has 0 aliphatic carbocycles. The fraction of sp³-hybridized carbons (Fsp3) is 0.857. The van der Waals surface area contributed by atoms with Crippen molar-refractivity contribution in [2.24, 2.45) is 0 Å². The van der Waals surface area contributed by atoms with Crippen LogP contribution in [0.4, 0.5) is 0 Å². The van der Waals surface area contributed by atoms with Gasteiger partial charge in [0.05, 0.1) is 6.61 Å². The Morgan fingerprint density at radius 1 is 1.27 bits per heavy atom. The third-order valence-electron chi connectivity index (χ3n) is 0.758. The molecule has 0 radical (unpaired) electrons. The van der Waals surface area contributed by atoms with Gasteiger partial charge >= 0.3 is 0 Å². The molecule has 0 bridgehead atoms. The first-order valence-electron chi connectivity index (χ1n) is 3.42. The lowest BCUT2D eigenvalue weighted by molar-refractivity contribution is -0.115. The van der Waals surface area contributed by atoms with Gasteiger partial charge in [-0.05, 0) is 14.1 Å². The fourth-order valence-electron chi connectivity index (χ4n) is 0.200. The quantitative estimate of drug-likeness (QED) is 0.555. The SMILES string of the molecule is CN(C)C=O.CN(C)CCO. The summed E-state index contributed by atoms with van der Waals surface area (Å²) in [6.45, 7) is 1.02. The molecule has 0 fully saturated rings. The molecule has 4 heteroatoms. The van der Waals surface area contributed by atoms with Crippen LogP contribution in [-0.4, -0.2) is 62.7 Å². The van der Waals surface area contributed by atoms with E-state index in [4.69, 9.17) is 5.11 Å². The summed E-state index contributed by atoms with van der Waals surface area (Å²) in [6, 6.07) is 0. The van der Waals surface area contributed by atoms with Crippen LogP contribution in [0.15, 0.2) is 0 Å². The number of carbonyl (C=O) groups is 1. The van der Waals surface area contributed by atoms with Gasteiger partial charge in [-0.25, -0.2) is 0 Å². The average molecular weight is 162 g/mol. The van der Waals surface area contributed by atoms with Crippen LogP contribution in [0.3, 0.4) is 0 Å². The number of hydrogen-bond acceptors (Lipinski definition) is 3. The van der Waals surface area contributed by atoms with Gasteiger partial charge in [0.2, 0.25) is 6.41 Å². The van der Waals surface area contributed by atoms with Crippen LogP contribution in [0, 0.1) is 0 Å². The molecular weight excluding hydrogens is 144 g/mol. The molecule has 0 unspecified atom stereocenters. The second kappa shape index (κ2) is 9.39. The highest BCUT2D eigenvalue weighted by atomic mass is 16.3. The number of likely N-dealkylation sites (N-methyl/N-ethyl adjacent to an activating group) is 1. The summed E-state index contributed by atoms with van der Waals surface area (Å²) in [4.78, 5) is 12.8. The van der Waals surface area contributed by atoms with Crippen LogP contribution in [-0.2, 0) is 4.79 Å². The topological polar surface area (TPSA) is 43.8 Å². The average Bonchev–Trinajstić information content (AvgIpc) is 1.89. The molecule has 0 aromatic rings. The number of amides is 1. The van der Waals surface area contributed by atoms with E-state index in [-0.39, 0.29) is 6.61 Å². The second-order valence-electron chi connectivity index (χ2n) is 2.60. The van der Waals surface area contributed by atoms with E-state index in [0.29, 0.717) is 0 Å². The maximum Gasteiger partial charge on any atom is 0.209 e. The zero-order valence-electron chi connectivity index (χ0n) is 7.74. The van der Waals surface area contributed by atoms with E-state index < -0.39 is 0 Å². The largest absolute Gasteiger partial charge is 0.395 e. The van der Waals surface area contributed by atoms with E-state index in [1.165, 1.54) is 4.90 Å². The van der Waals surface area contributed by atoms with Gasteiger partial charge in [0.1, 0.15) is 0 Å². The minimum atomic E-state index is 0.257. The summed E-state index contributed by atoms with van der Waals surface area (Å²) in [7, 11) is 7.23. The third kappa shape index (κ3) is 26.6. The van der Waals surface area contributed by atoms with Gasteiger partial charge in [-0.1, -0.05) is 0 Å². The zero-order chi connectivity index (χ0) is 9.28. The summed E-state index contributed by atoms with van der Waals surface area (Å²) in [5.74, 6) is 0. The Bertz CT molecular complexity index is 84.5. The Hall–Kier alpha value is -0.610. The standard InChI is InChI=1S/C4H11NO.C3H7NO/c1-5(2)3-4-6;1-4(2)3-5/h6H,3-4H2,1-2H3;3H,1-2H3. The molecule has 0 spiro atoms. The highest BCUT2D eigenvalue weighted by Crippen LogP contribution is 1.66. The summed E-state index contributed by atoms with van der Waals surface area (Å²) >= 11 is 0. The van der Waals surface area contributed by atoms with E-state index in [9.17, 15) is 4.79 Å². The minimum absolute atomic E-state index is 0.257. The summed E-state index contributed by atoms with van der Waals surface area (Å²) in [5, 5.41) is 8.20. The molecule has 68 valence electrons. The van der Waals surface area contributed by atoms with E-state index in [0.717, 1.165) is 13.0 Å². The van der Waals surface area contributed by atoms with Crippen molar-refractivity contribution in [3.63, 3.8) is 0 Å². The number of carbonyl (C=O) groups excluding carboxylic acids is 1. The lowest BCUT2D eigenvalue weighted by Crippen LogP contribution is -2.15. The summed E-state index contributed by atoms with van der Waals surface area (Å²) in [6.07, 6.45) is 0.750. The molecule has 0 saturated heterocycles. The molecule has 4 nitrogen and oxygen atoms in total. The maximum absolute atomic E-state index is 9.43. The number of hydrogen-bond donors (Lipinski definition) is 1. The van der Waals surface area contributed by atoms with Crippen molar-refractivity contribution >= 4 is 6.41 Å². The van der Waals surface area contributed by atoms with Crippen molar-refractivity contribution in [1.29, 1.82) is 0 Å². The Morgan fingerprint density at radius 3 is 1.64 bits per heavy atom. The van der Waals surface area contributed by atoms with E-state index >= 15 is 0 Å².